The predicted molar refractivity (Wildman–Crippen MR) is 139 cm³/mol. The van der Waals surface area contributed by atoms with Gasteiger partial charge in [-0.05, 0) is 54.2 Å². The topological polar surface area (TPSA) is 88.5 Å². The fraction of sp³-hybridized carbons (Fsp3) is 0.148. The highest BCUT2D eigenvalue weighted by molar-refractivity contribution is 7.10. The zero-order chi connectivity index (χ0) is 25.8. The average Bonchev–Trinajstić information content (AvgIpc) is 3.19. The lowest BCUT2D eigenvalue weighted by atomic mass is 10.0. The van der Waals surface area contributed by atoms with Crippen LogP contribution in [0.15, 0.2) is 66.7 Å². The minimum absolute atomic E-state index is 0.240. The molecule has 9 heteroatoms. The van der Waals surface area contributed by atoms with Crippen LogP contribution >= 0.6 is 23.1 Å². The third-order valence-electron chi connectivity index (χ3n) is 5.56. The van der Waals surface area contributed by atoms with Crippen molar-refractivity contribution in [1.82, 2.24) is 4.37 Å². The third-order valence-corrected chi connectivity index (χ3v) is 6.90. The number of carbonyl (C=O) groups is 2. The number of nitrogens with one attached hydrogen (secondary N) is 1. The molecular weight excluding hydrogens is 503 g/mol. The molecular formula is C27H22ClFN2O4S. The van der Waals surface area contributed by atoms with Crippen LogP contribution in [0.2, 0.25) is 5.02 Å². The van der Waals surface area contributed by atoms with Crippen molar-refractivity contribution < 1.29 is 23.8 Å². The highest BCUT2D eigenvalue weighted by Crippen LogP contribution is 2.36. The number of carboxylic acids is 1. The summed E-state index contributed by atoms with van der Waals surface area (Å²) in [6.45, 7) is 3.53. The Morgan fingerprint density at radius 2 is 1.81 bits per heavy atom. The molecule has 1 aromatic heterocycles. The molecule has 1 amide bonds. The van der Waals surface area contributed by atoms with E-state index in [1.165, 1.54) is 17.6 Å². The van der Waals surface area contributed by atoms with Crippen LogP contribution in [0.5, 0.6) is 0 Å². The van der Waals surface area contributed by atoms with Gasteiger partial charge < -0.3 is 9.84 Å². The van der Waals surface area contributed by atoms with Crippen molar-refractivity contribution in [2.75, 3.05) is 5.32 Å². The summed E-state index contributed by atoms with van der Waals surface area (Å²) in [6, 6.07) is 18.7. The fourth-order valence-electron chi connectivity index (χ4n) is 3.75. The maximum absolute atomic E-state index is 14.6. The Balaban J connectivity index is 1.51. The Morgan fingerprint density at radius 1 is 1.11 bits per heavy atom. The van der Waals surface area contributed by atoms with E-state index in [0.717, 1.165) is 10.4 Å². The van der Waals surface area contributed by atoms with Gasteiger partial charge in [0.05, 0.1) is 22.7 Å². The molecule has 2 N–H and O–H groups in total. The van der Waals surface area contributed by atoms with E-state index in [4.69, 9.17) is 21.4 Å². The second-order valence-corrected chi connectivity index (χ2v) is 9.31. The number of aryl methyl sites for hydroxylation is 1. The number of halogens is 2. The average molecular weight is 525 g/mol. The Morgan fingerprint density at radius 3 is 2.47 bits per heavy atom. The van der Waals surface area contributed by atoms with Gasteiger partial charge in [-0.2, -0.15) is 4.37 Å². The van der Waals surface area contributed by atoms with E-state index >= 15 is 0 Å². The molecule has 1 atom stereocenters. The van der Waals surface area contributed by atoms with Crippen molar-refractivity contribution in [3.63, 3.8) is 0 Å². The molecule has 4 aromatic rings. The van der Waals surface area contributed by atoms with Crippen LogP contribution in [0, 0.1) is 12.7 Å². The van der Waals surface area contributed by atoms with Gasteiger partial charge in [0.2, 0.25) is 0 Å². The van der Waals surface area contributed by atoms with Gasteiger partial charge in [-0.25, -0.2) is 9.18 Å². The van der Waals surface area contributed by atoms with E-state index in [9.17, 15) is 14.0 Å². The highest BCUT2D eigenvalue weighted by Gasteiger charge is 2.19. The molecule has 0 aliphatic heterocycles. The standard InChI is InChI=1S/C27H22ClFN2O4S/c1-15-25(30-27(34)35-16(2)20-5-3-4-6-22(20)28)26(36-31-15)19-10-8-18(9-11-19)21-12-7-17(13-23(21)29)14-24(32)33/h3-13,16H,14H2,1-2H3,(H,30,34)(H,32,33). The molecule has 0 aliphatic carbocycles. The lowest BCUT2D eigenvalue weighted by Gasteiger charge is -2.16. The van der Waals surface area contributed by atoms with Gasteiger partial charge in [-0.1, -0.05) is 66.2 Å². The van der Waals surface area contributed by atoms with Gasteiger partial charge in [-0.3, -0.25) is 10.1 Å². The number of anilines is 1. The number of hydrogen-bond donors (Lipinski definition) is 2. The Kier molecular flexibility index (Phi) is 7.67. The number of nitrogens with zero attached hydrogens (tertiary/aromatic N) is 1. The minimum Gasteiger partial charge on any atom is -0.481 e. The second-order valence-electron chi connectivity index (χ2n) is 8.13. The van der Waals surface area contributed by atoms with Gasteiger partial charge in [0.1, 0.15) is 11.9 Å². The molecule has 184 valence electrons. The number of ether oxygens (including phenoxy) is 1. The van der Waals surface area contributed by atoms with Crippen LogP contribution in [-0.4, -0.2) is 21.5 Å². The Hall–Kier alpha value is -3.75. The van der Waals surface area contributed by atoms with Crippen LogP contribution in [0.1, 0.15) is 29.8 Å². The number of carbonyl (C=O) groups excluding carboxylic acids is 1. The molecule has 6 nitrogen and oxygen atoms in total. The lowest BCUT2D eigenvalue weighted by molar-refractivity contribution is -0.136. The zero-order valence-electron chi connectivity index (χ0n) is 19.4. The number of hydrogen-bond acceptors (Lipinski definition) is 5. The number of aliphatic carboxylic acids is 1. The van der Waals surface area contributed by atoms with Gasteiger partial charge in [0.25, 0.3) is 0 Å². The van der Waals surface area contributed by atoms with E-state index in [-0.39, 0.29) is 6.42 Å². The second kappa shape index (κ2) is 10.9. The zero-order valence-corrected chi connectivity index (χ0v) is 21.0. The number of amides is 1. The molecule has 0 fully saturated rings. The van der Waals surface area contributed by atoms with Gasteiger partial charge in [0, 0.05) is 16.1 Å². The van der Waals surface area contributed by atoms with Crippen LogP contribution < -0.4 is 5.32 Å². The van der Waals surface area contributed by atoms with Crippen LogP contribution in [0.25, 0.3) is 21.6 Å². The number of rotatable bonds is 7. The molecule has 1 heterocycles. The quantitative estimate of drug-likeness (QED) is 0.261. The Bertz CT molecular complexity index is 1420. The molecule has 0 aliphatic rings. The molecule has 0 radical (unpaired) electrons. The molecule has 1 unspecified atom stereocenters. The lowest BCUT2D eigenvalue weighted by Crippen LogP contribution is -2.16. The summed E-state index contributed by atoms with van der Waals surface area (Å²) in [5.41, 5.74) is 4.07. The first kappa shape index (κ1) is 25.3. The van der Waals surface area contributed by atoms with Crippen LogP contribution in [-0.2, 0) is 16.0 Å². The summed E-state index contributed by atoms with van der Waals surface area (Å²) in [4.78, 5) is 24.2. The molecule has 0 bridgehead atoms. The first-order valence-corrected chi connectivity index (χ1v) is 12.2. The summed E-state index contributed by atoms with van der Waals surface area (Å²) >= 11 is 7.43. The Labute approximate surface area is 216 Å². The molecule has 4 rings (SSSR count). The van der Waals surface area contributed by atoms with Crippen molar-refractivity contribution in [1.29, 1.82) is 0 Å². The highest BCUT2D eigenvalue weighted by atomic mass is 35.5. The van der Waals surface area contributed by atoms with Crippen molar-refractivity contribution in [3.8, 4) is 21.6 Å². The number of benzene rings is 3. The SMILES string of the molecule is Cc1nsc(-c2ccc(-c3ccc(CC(=O)O)cc3F)cc2)c1NC(=O)OC(C)c1ccccc1Cl. The van der Waals surface area contributed by atoms with E-state index in [2.05, 4.69) is 9.69 Å². The van der Waals surface area contributed by atoms with Gasteiger partial charge in [0.15, 0.2) is 0 Å². The molecule has 0 saturated carbocycles. The number of aromatic nitrogens is 1. The van der Waals surface area contributed by atoms with Crippen molar-refractivity contribution in [2.24, 2.45) is 0 Å². The van der Waals surface area contributed by atoms with E-state index in [0.29, 0.717) is 38.7 Å². The maximum atomic E-state index is 14.6. The third kappa shape index (κ3) is 5.72. The van der Waals surface area contributed by atoms with Crippen LogP contribution in [0.3, 0.4) is 0 Å². The monoisotopic (exact) mass is 524 g/mol. The summed E-state index contributed by atoms with van der Waals surface area (Å²) in [6.07, 6.45) is -1.42. The van der Waals surface area contributed by atoms with Gasteiger partial charge >= 0.3 is 12.1 Å². The van der Waals surface area contributed by atoms with Crippen molar-refractivity contribution in [3.05, 3.63) is 94.4 Å². The van der Waals surface area contributed by atoms with Crippen molar-refractivity contribution >= 4 is 40.9 Å². The smallest absolute Gasteiger partial charge is 0.412 e. The summed E-state index contributed by atoms with van der Waals surface area (Å²) < 4.78 is 24.5. The molecule has 0 saturated heterocycles. The fourth-order valence-corrected chi connectivity index (χ4v) is 4.89. The normalized spacial score (nSPS) is 11.7. The van der Waals surface area contributed by atoms with Crippen LogP contribution in [0.4, 0.5) is 14.9 Å². The van der Waals surface area contributed by atoms with E-state index < -0.39 is 24.0 Å². The summed E-state index contributed by atoms with van der Waals surface area (Å²) in [5.74, 6) is -1.51. The summed E-state index contributed by atoms with van der Waals surface area (Å²) in [5, 5.41) is 12.2. The van der Waals surface area contributed by atoms with Crippen molar-refractivity contribution in [2.45, 2.75) is 26.4 Å². The molecule has 3 aromatic carbocycles. The first-order chi connectivity index (χ1) is 17.2. The maximum Gasteiger partial charge on any atom is 0.412 e. The van der Waals surface area contributed by atoms with E-state index in [1.807, 2.05) is 18.2 Å². The first-order valence-electron chi connectivity index (χ1n) is 11.0. The molecule has 36 heavy (non-hydrogen) atoms. The van der Waals surface area contributed by atoms with E-state index in [1.54, 1.807) is 56.3 Å². The minimum atomic E-state index is -1.02. The summed E-state index contributed by atoms with van der Waals surface area (Å²) in [7, 11) is 0. The predicted octanol–water partition coefficient (Wildman–Crippen LogP) is 7.51. The number of carboxylic acid groups (broad SMARTS) is 1. The largest absolute Gasteiger partial charge is 0.481 e. The molecule has 0 spiro atoms. The van der Waals surface area contributed by atoms with Gasteiger partial charge in [-0.15, -0.1) is 0 Å².